The van der Waals surface area contributed by atoms with E-state index in [0.29, 0.717) is 19.8 Å². The van der Waals surface area contributed by atoms with Crippen LogP contribution in [0.15, 0.2) is 72.8 Å². The average molecular weight is 515 g/mol. The fourth-order valence-electron chi connectivity index (χ4n) is 4.47. The van der Waals surface area contributed by atoms with Gasteiger partial charge in [0.25, 0.3) is 0 Å². The van der Waals surface area contributed by atoms with Crippen LogP contribution in [0, 0.1) is 0 Å². The molecule has 6 rings (SSSR count). The Labute approximate surface area is 223 Å². The van der Waals surface area contributed by atoms with Crippen molar-refractivity contribution in [2.45, 2.75) is 44.5 Å². The van der Waals surface area contributed by atoms with E-state index in [1.165, 1.54) is 10.8 Å². The summed E-state index contributed by atoms with van der Waals surface area (Å²) in [4.78, 5) is 0. The van der Waals surface area contributed by atoms with E-state index in [2.05, 4.69) is 55.5 Å². The van der Waals surface area contributed by atoms with Crippen LogP contribution in [-0.2, 0) is 9.47 Å². The Hall–Kier alpha value is -3.48. The highest BCUT2D eigenvalue weighted by atomic mass is 16.6. The van der Waals surface area contributed by atoms with E-state index in [0.717, 1.165) is 66.2 Å². The molecule has 4 aromatic carbocycles. The van der Waals surface area contributed by atoms with Crippen molar-refractivity contribution >= 4 is 21.5 Å². The van der Waals surface area contributed by atoms with Gasteiger partial charge in [-0.2, -0.15) is 0 Å². The molecule has 3 atom stereocenters. The molecule has 198 valence electrons. The number of hydrogen-bond acceptors (Lipinski definition) is 6. The van der Waals surface area contributed by atoms with Crippen LogP contribution in [0.2, 0.25) is 0 Å². The van der Waals surface area contributed by atoms with Crippen molar-refractivity contribution in [1.82, 2.24) is 0 Å². The Morgan fingerprint density at radius 1 is 0.632 bits per heavy atom. The van der Waals surface area contributed by atoms with Crippen LogP contribution in [0.3, 0.4) is 0 Å². The zero-order valence-electron chi connectivity index (χ0n) is 21.8. The number of benzene rings is 4. The Bertz CT molecular complexity index is 1380. The molecular formula is C32H34O6. The van der Waals surface area contributed by atoms with Crippen LogP contribution >= 0.6 is 0 Å². The molecule has 0 aliphatic carbocycles. The Morgan fingerprint density at radius 3 is 1.63 bits per heavy atom. The van der Waals surface area contributed by atoms with Crippen LogP contribution in [0.25, 0.3) is 21.5 Å². The maximum Gasteiger partial charge on any atom is 0.120 e. The molecule has 3 unspecified atom stereocenters. The predicted molar refractivity (Wildman–Crippen MR) is 148 cm³/mol. The summed E-state index contributed by atoms with van der Waals surface area (Å²) in [5.41, 5.74) is 0. The van der Waals surface area contributed by atoms with Gasteiger partial charge in [0.2, 0.25) is 0 Å². The monoisotopic (exact) mass is 514 g/mol. The largest absolute Gasteiger partial charge is 0.494 e. The summed E-state index contributed by atoms with van der Waals surface area (Å²) < 4.78 is 34.3. The fourth-order valence-corrected chi connectivity index (χ4v) is 4.47. The van der Waals surface area contributed by atoms with Gasteiger partial charge >= 0.3 is 0 Å². The Kier molecular flexibility index (Phi) is 7.52. The lowest BCUT2D eigenvalue weighted by atomic mass is 10.1. The van der Waals surface area contributed by atoms with Crippen LogP contribution in [-0.4, -0.2) is 51.3 Å². The molecule has 0 N–H and O–H groups in total. The van der Waals surface area contributed by atoms with Crippen LogP contribution in [0.4, 0.5) is 0 Å². The predicted octanol–water partition coefficient (Wildman–Crippen LogP) is 6.56. The summed E-state index contributed by atoms with van der Waals surface area (Å²) in [6.07, 6.45) is 3.60. The van der Waals surface area contributed by atoms with E-state index in [9.17, 15) is 0 Å². The molecule has 2 fully saturated rings. The average Bonchev–Trinajstić information content (AvgIpc) is 3.86. The summed E-state index contributed by atoms with van der Waals surface area (Å²) >= 11 is 0. The zero-order valence-corrected chi connectivity index (χ0v) is 21.8. The third-order valence-electron chi connectivity index (χ3n) is 6.85. The SMILES string of the molecule is CC(CCCCOc1ccc2ccc(OCC3CO3)cc2c1)Oc1ccc2ccc(OCC3CO3)cc2c1. The first kappa shape index (κ1) is 24.8. The van der Waals surface area contributed by atoms with Crippen LogP contribution < -0.4 is 18.9 Å². The number of unbranched alkanes of at least 4 members (excludes halogenated alkanes) is 1. The van der Waals surface area contributed by atoms with Crippen molar-refractivity contribution in [3.05, 3.63) is 72.8 Å². The maximum absolute atomic E-state index is 6.21. The number of fused-ring (bicyclic) bond motifs is 2. The third kappa shape index (κ3) is 6.88. The highest BCUT2D eigenvalue weighted by Crippen LogP contribution is 2.28. The molecule has 0 radical (unpaired) electrons. The lowest BCUT2D eigenvalue weighted by Gasteiger charge is -2.15. The third-order valence-corrected chi connectivity index (χ3v) is 6.85. The molecule has 2 heterocycles. The quantitative estimate of drug-likeness (QED) is 0.140. The van der Waals surface area contributed by atoms with Crippen molar-refractivity contribution in [3.8, 4) is 23.0 Å². The first-order valence-corrected chi connectivity index (χ1v) is 13.5. The topological polar surface area (TPSA) is 62.0 Å². The molecule has 0 saturated carbocycles. The van der Waals surface area contributed by atoms with Gasteiger partial charge < -0.3 is 28.4 Å². The normalized spacial score (nSPS) is 18.8. The fraction of sp³-hybridized carbons (Fsp3) is 0.375. The summed E-state index contributed by atoms with van der Waals surface area (Å²) in [5.74, 6) is 3.49. The molecule has 2 aliphatic heterocycles. The van der Waals surface area contributed by atoms with Gasteiger partial charge in [0, 0.05) is 0 Å². The van der Waals surface area contributed by atoms with E-state index in [4.69, 9.17) is 28.4 Å². The Morgan fingerprint density at radius 2 is 1.11 bits per heavy atom. The molecule has 0 spiro atoms. The second-order valence-corrected chi connectivity index (χ2v) is 10.1. The van der Waals surface area contributed by atoms with Crippen LogP contribution in [0.5, 0.6) is 23.0 Å². The van der Waals surface area contributed by atoms with E-state index < -0.39 is 0 Å². The number of epoxide rings is 2. The van der Waals surface area contributed by atoms with Crippen LogP contribution in [0.1, 0.15) is 26.2 Å². The molecule has 2 aliphatic rings. The van der Waals surface area contributed by atoms with Gasteiger partial charge in [-0.15, -0.1) is 0 Å². The van der Waals surface area contributed by atoms with Gasteiger partial charge in [0.1, 0.15) is 48.4 Å². The van der Waals surface area contributed by atoms with E-state index in [1.54, 1.807) is 0 Å². The van der Waals surface area contributed by atoms with Crippen molar-refractivity contribution in [1.29, 1.82) is 0 Å². The Balaban J connectivity index is 0.943. The molecule has 6 nitrogen and oxygen atoms in total. The smallest absolute Gasteiger partial charge is 0.120 e. The molecule has 2 saturated heterocycles. The van der Waals surface area contributed by atoms with E-state index in [1.807, 2.05) is 24.3 Å². The summed E-state index contributed by atoms with van der Waals surface area (Å²) in [7, 11) is 0. The zero-order chi connectivity index (χ0) is 25.7. The lowest BCUT2D eigenvalue weighted by Crippen LogP contribution is -2.12. The molecule has 0 amide bonds. The highest BCUT2D eigenvalue weighted by molar-refractivity contribution is 5.86. The minimum Gasteiger partial charge on any atom is -0.494 e. The molecular weight excluding hydrogens is 480 g/mol. The first-order valence-electron chi connectivity index (χ1n) is 13.5. The van der Waals surface area contributed by atoms with Gasteiger partial charge in [-0.3, -0.25) is 0 Å². The van der Waals surface area contributed by atoms with E-state index in [-0.39, 0.29) is 18.3 Å². The van der Waals surface area contributed by atoms with Crippen molar-refractivity contribution in [3.63, 3.8) is 0 Å². The second kappa shape index (κ2) is 11.5. The highest BCUT2D eigenvalue weighted by Gasteiger charge is 2.23. The van der Waals surface area contributed by atoms with Gasteiger partial charge in [0.15, 0.2) is 0 Å². The molecule has 4 aromatic rings. The maximum atomic E-state index is 6.21. The number of ether oxygens (including phenoxy) is 6. The number of hydrogen-bond donors (Lipinski definition) is 0. The summed E-state index contributed by atoms with van der Waals surface area (Å²) in [6.45, 7) is 5.61. The van der Waals surface area contributed by atoms with Crippen molar-refractivity contribution < 1.29 is 28.4 Å². The summed E-state index contributed by atoms with van der Waals surface area (Å²) in [6, 6.07) is 24.7. The van der Waals surface area contributed by atoms with Gasteiger partial charge in [0.05, 0.1) is 25.9 Å². The minimum atomic E-state index is 0.124. The van der Waals surface area contributed by atoms with Crippen molar-refractivity contribution in [2.24, 2.45) is 0 Å². The molecule has 0 aromatic heterocycles. The molecule has 38 heavy (non-hydrogen) atoms. The van der Waals surface area contributed by atoms with Gasteiger partial charge in [-0.1, -0.05) is 24.3 Å². The number of rotatable bonds is 14. The van der Waals surface area contributed by atoms with Crippen molar-refractivity contribution in [2.75, 3.05) is 33.0 Å². The second-order valence-electron chi connectivity index (χ2n) is 10.1. The summed E-state index contributed by atoms with van der Waals surface area (Å²) in [5, 5.41) is 4.57. The molecule has 6 heteroatoms. The van der Waals surface area contributed by atoms with Gasteiger partial charge in [-0.05, 0) is 96.3 Å². The first-order chi connectivity index (χ1) is 18.7. The van der Waals surface area contributed by atoms with E-state index >= 15 is 0 Å². The standard InChI is InChI=1S/C32H34O6/c1-22(38-30-12-8-24-7-11-29(16-26(24)17-30)35-19-32-21-37-32)4-2-3-13-33-27-9-5-23-6-10-28(15-25(23)14-27)34-18-31-20-36-31/h5-12,14-17,22,31-32H,2-4,13,18-21H2,1H3. The lowest BCUT2D eigenvalue weighted by molar-refractivity contribution is 0.202. The van der Waals surface area contributed by atoms with Gasteiger partial charge in [-0.25, -0.2) is 0 Å². The molecule has 0 bridgehead atoms. The minimum absolute atomic E-state index is 0.124.